The number of aliphatic imine (C=N–C) groups is 1. The van der Waals surface area contributed by atoms with Crippen LogP contribution in [0.1, 0.15) is 6.92 Å². The van der Waals surface area contributed by atoms with E-state index in [-0.39, 0.29) is 24.0 Å². The molecule has 2 saturated heterocycles. The maximum atomic E-state index is 6.02. The quantitative estimate of drug-likeness (QED) is 0.417. The highest BCUT2D eigenvalue weighted by Crippen LogP contribution is 2.04. The van der Waals surface area contributed by atoms with Gasteiger partial charge in [0.15, 0.2) is 5.96 Å². The van der Waals surface area contributed by atoms with Crippen molar-refractivity contribution in [2.75, 3.05) is 65.7 Å². The first kappa shape index (κ1) is 17.9. The van der Waals surface area contributed by atoms with E-state index < -0.39 is 0 Å². The molecule has 2 rings (SSSR count). The lowest BCUT2D eigenvalue weighted by molar-refractivity contribution is 0.0323. The SMILES string of the molecule is CC(CN=C(N)N1CCOCC1)CN1CCOCC1.I. The predicted molar refractivity (Wildman–Crippen MR) is 90.7 cm³/mol. The zero-order valence-corrected chi connectivity index (χ0v) is 14.6. The van der Waals surface area contributed by atoms with Crippen LogP contribution in [0.25, 0.3) is 0 Å². The maximum absolute atomic E-state index is 6.02. The van der Waals surface area contributed by atoms with E-state index in [0.717, 1.165) is 65.7 Å². The Morgan fingerprint density at radius 3 is 2.25 bits per heavy atom. The Morgan fingerprint density at radius 2 is 1.65 bits per heavy atom. The number of hydrogen-bond acceptors (Lipinski definition) is 4. The molecular weight excluding hydrogens is 371 g/mol. The molecule has 2 N–H and O–H groups in total. The standard InChI is InChI=1S/C13H26N4O2.HI/c1-12(11-16-2-6-18-7-3-16)10-15-13(14)17-4-8-19-9-5-17;/h12H,2-11H2,1H3,(H2,14,15);1H. The largest absolute Gasteiger partial charge is 0.379 e. The first-order chi connectivity index (χ1) is 9.25. The van der Waals surface area contributed by atoms with Gasteiger partial charge >= 0.3 is 0 Å². The van der Waals surface area contributed by atoms with Gasteiger partial charge in [0.2, 0.25) is 0 Å². The number of morpholine rings is 2. The van der Waals surface area contributed by atoms with E-state index in [1.807, 2.05) is 0 Å². The van der Waals surface area contributed by atoms with Crippen LogP contribution in [0.5, 0.6) is 0 Å². The summed E-state index contributed by atoms with van der Waals surface area (Å²) < 4.78 is 10.7. The molecule has 0 aromatic carbocycles. The minimum Gasteiger partial charge on any atom is -0.379 e. The number of halogens is 1. The van der Waals surface area contributed by atoms with Crippen molar-refractivity contribution in [3.63, 3.8) is 0 Å². The highest BCUT2D eigenvalue weighted by molar-refractivity contribution is 14.0. The Kier molecular flexibility index (Phi) is 8.74. The van der Waals surface area contributed by atoms with Crippen LogP contribution >= 0.6 is 24.0 Å². The molecule has 0 aromatic rings. The lowest BCUT2D eigenvalue weighted by atomic mass is 10.1. The highest BCUT2D eigenvalue weighted by atomic mass is 127. The number of nitrogens with zero attached hydrogens (tertiary/aromatic N) is 3. The van der Waals surface area contributed by atoms with Gasteiger partial charge in [0.1, 0.15) is 0 Å². The van der Waals surface area contributed by atoms with Gasteiger partial charge in [0.25, 0.3) is 0 Å². The third-order valence-electron chi connectivity index (χ3n) is 3.57. The van der Waals surface area contributed by atoms with Crippen LogP contribution in [0.15, 0.2) is 4.99 Å². The fourth-order valence-corrected chi connectivity index (χ4v) is 2.42. The van der Waals surface area contributed by atoms with Crippen LogP contribution < -0.4 is 5.73 Å². The van der Waals surface area contributed by atoms with E-state index in [1.54, 1.807) is 0 Å². The number of nitrogens with two attached hydrogens (primary N) is 1. The Morgan fingerprint density at radius 1 is 1.10 bits per heavy atom. The van der Waals surface area contributed by atoms with E-state index in [1.165, 1.54) is 0 Å². The summed E-state index contributed by atoms with van der Waals surface area (Å²) in [6, 6.07) is 0. The second-order valence-electron chi connectivity index (χ2n) is 5.32. The van der Waals surface area contributed by atoms with Gasteiger partial charge in [-0.15, -0.1) is 24.0 Å². The number of ether oxygens (including phenoxy) is 2. The van der Waals surface area contributed by atoms with Crippen LogP contribution in [0.2, 0.25) is 0 Å². The molecule has 0 saturated carbocycles. The number of rotatable bonds is 4. The summed E-state index contributed by atoms with van der Waals surface area (Å²) in [5.41, 5.74) is 6.02. The molecule has 1 atom stereocenters. The highest BCUT2D eigenvalue weighted by Gasteiger charge is 2.15. The first-order valence-electron chi connectivity index (χ1n) is 7.18. The molecular formula is C13H27IN4O2. The smallest absolute Gasteiger partial charge is 0.191 e. The Balaban J connectivity index is 0.00000200. The van der Waals surface area contributed by atoms with Crippen molar-refractivity contribution in [3.8, 4) is 0 Å². The van der Waals surface area contributed by atoms with E-state index in [2.05, 4.69) is 21.7 Å². The monoisotopic (exact) mass is 398 g/mol. The minimum absolute atomic E-state index is 0. The molecule has 0 radical (unpaired) electrons. The molecule has 118 valence electrons. The van der Waals surface area contributed by atoms with Gasteiger partial charge in [0, 0.05) is 39.3 Å². The Bertz CT molecular complexity index is 292. The average Bonchev–Trinajstić information content (AvgIpc) is 2.47. The zero-order chi connectivity index (χ0) is 13.5. The van der Waals surface area contributed by atoms with Crippen LogP contribution in [0.4, 0.5) is 0 Å². The van der Waals surface area contributed by atoms with E-state index in [4.69, 9.17) is 15.2 Å². The van der Waals surface area contributed by atoms with Gasteiger partial charge in [0.05, 0.1) is 26.4 Å². The minimum atomic E-state index is 0. The topological polar surface area (TPSA) is 63.3 Å². The van der Waals surface area contributed by atoms with Crippen molar-refractivity contribution in [1.82, 2.24) is 9.80 Å². The Labute approximate surface area is 138 Å². The van der Waals surface area contributed by atoms with Gasteiger partial charge < -0.3 is 20.1 Å². The van der Waals surface area contributed by atoms with E-state index >= 15 is 0 Å². The predicted octanol–water partition coefficient (Wildman–Crippen LogP) is 0.220. The van der Waals surface area contributed by atoms with Crippen molar-refractivity contribution >= 4 is 29.9 Å². The molecule has 2 fully saturated rings. The summed E-state index contributed by atoms with van der Waals surface area (Å²) in [5, 5.41) is 0. The van der Waals surface area contributed by atoms with Gasteiger partial charge in [-0.05, 0) is 5.92 Å². The maximum Gasteiger partial charge on any atom is 0.191 e. The van der Waals surface area contributed by atoms with Crippen molar-refractivity contribution < 1.29 is 9.47 Å². The summed E-state index contributed by atoms with van der Waals surface area (Å²) in [6.07, 6.45) is 0. The van der Waals surface area contributed by atoms with Gasteiger partial charge in [-0.25, -0.2) is 0 Å². The Hall–Kier alpha value is -0.120. The number of guanidine groups is 1. The average molecular weight is 398 g/mol. The van der Waals surface area contributed by atoms with Crippen LogP contribution in [0.3, 0.4) is 0 Å². The molecule has 0 spiro atoms. The molecule has 0 amide bonds. The summed E-state index contributed by atoms with van der Waals surface area (Å²) in [5.74, 6) is 1.19. The van der Waals surface area contributed by atoms with E-state index in [9.17, 15) is 0 Å². The summed E-state index contributed by atoms with van der Waals surface area (Å²) >= 11 is 0. The summed E-state index contributed by atoms with van der Waals surface area (Å²) in [4.78, 5) is 9.06. The lowest BCUT2D eigenvalue weighted by Crippen LogP contribution is -2.45. The van der Waals surface area contributed by atoms with Crippen LogP contribution in [-0.4, -0.2) is 81.5 Å². The number of hydrogen-bond donors (Lipinski definition) is 1. The molecule has 6 nitrogen and oxygen atoms in total. The molecule has 2 heterocycles. The van der Waals surface area contributed by atoms with Gasteiger partial charge in [-0.1, -0.05) is 6.92 Å². The zero-order valence-electron chi connectivity index (χ0n) is 12.3. The first-order valence-corrected chi connectivity index (χ1v) is 7.18. The molecule has 0 aliphatic carbocycles. The van der Waals surface area contributed by atoms with Crippen molar-refractivity contribution in [3.05, 3.63) is 0 Å². The third-order valence-corrected chi connectivity index (χ3v) is 3.57. The second-order valence-corrected chi connectivity index (χ2v) is 5.32. The van der Waals surface area contributed by atoms with Crippen LogP contribution in [-0.2, 0) is 9.47 Å². The normalized spacial score (nSPS) is 23.2. The summed E-state index contributed by atoms with van der Waals surface area (Å²) in [6.45, 7) is 11.1. The fraction of sp³-hybridized carbons (Fsp3) is 0.923. The van der Waals surface area contributed by atoms with Crippen molar-refractivity contribution in [1.29, 1.82) is 0 Å². The molecule has 1 unspecified atom stereocenters. The van der Waals surface area contributed by atoms with Crippen molar-refractivity contribution in [2.24, 2.45) is 16.6 Å². The molecule has 2 aliphatic rings. The van der Waals surface area contributed by atoms with Gasteiger partial charge in [-0.3, -0.25) is 9.89 Å². The van der Waals surface area contributed by atoms with Crippen molar-refractivity contribution in [2.45, 2.75) is 6.92 Å². The van der Waals surface area contributed by atoms with Gasteiger partial charge in [-0.2, -0.15) is 0 Å². The molecule has 20 heavy (non-hydrogen) atoms. The lowest BCUT2D eigenvalue weighted by Gasteiger charge is -2.29. The molecule has 0 aromatic heterocycles. The van der Waals surface area contributed by atoms with E-state index in [0.29, 0.717) is 11.9 Å². The van der Waals surface area contributed by atoms with Crippen LogP contribution in [0, 0.1) is 5.92 Å². The summed E-state index contributed by atoms with van der Waals surface area (Å²) in [7, 11) is 0. The molecule has 7 heteroatoms. The fourth-order valence-electron chi connectivity index (χ4n) is 2.42. The third kappa shape index (κ3) is 6.11. The molecule has 0 bridgehead atoms. The second kappa shape index (κ2) is 9.75. The molecule has 2 aliphatic heterocycles.